The second-order valence-electron chi connectivity index (χ2n) is 5.44. The molecule has 1 aliphatic carbocycles. The molecule has 2 rings (SSSR count). The molecular formula is C15H19ClN2O3. The molecule has 114 valence electrons. The van der Waals surface area contributed by atoms with Crippen LogP contribution in [-0.4, -0.2) is 17.4 Å². The summed E-state index contributed by atoms with van der Waals surface area (Å²) in [6, 6.07) is 4.57. The summed E-state index contributed by atoms with van der Waals surface area (Å²) in [5.41, 5.74) is 0.414. The van der Waals surface area contributed by atoms with Gasteiger partial charge in [-0.25, -0.2) is 0 Å². The lowest BCUT2D eigenvalue weighted by atomic mass is 10.2. The Morgan fingerprint density at radius 1 is 1.48 bits per heavy atom. The maximum absolute atomic E-state index is 12.4. The van der Waals surface area contributed by atoms with Crippen molar-refractivity contribution < 1.29 is 9.72 Å². The first-order valence-electron chi connectivity index (χ1n) is 7.27. The van der Waals surface area contributed by atoms with Gasteiger partial charge in [-0.3, -0.25) is 14.9 Å². The van der Waals surface area contributed by atoms with E-state index >= 15 is 0 Å². The zero-order valence-electron chi connectivity index (χ0n) is 12.0. The third kappa shape index (κ3) is 4.17. The van der Waals surface area contributed by atoms with Crippen LogP contribution in [0.1, 0.15) is 39.0 Å². The van der Waals surface area contributed by atoms with Crippen LogP contribution in [0.2, 0.25) is 5.02 Å². The van der Waals surface area contributed by atoms with E-state index in [1.165, 1.54) is 12.1 Å². The third-order valence-electron chi connectivity index (χ3n) is 3.62. The summed E-state index contributed by atoms with van der Waals surface area (Å²) in [6.45, 7) is 2.67. The fourth-order valence-corrected chi connectivity index (χ4v) is 2.37. The first kappa shape index (κ1) is 15.8. The molecule has 0 N–H and O–H groups in total. The van der Waals surface area contributed by atoms with Gasteiger partial charge in [0.05, 0.1) is 10.6 Å². The van der Waals surface area contributed by atoms with Crippen LogP contribution in [0, 0.1) is 16.0 Å². The van der Waals surface area contributed by atoms with Crippen molar-refractivity contribution in [2.24, 2.45) is 5.92 Å². The van der Waals surface area contributed by atoms with Gasteiger partial charge < -0.3 is 4.90 Å². The van der Waals surface area contributed by atoms with Crippen molar-refractivity contribution in [1.29, 1.82) is 0 Å². The molecule has 0 aromatic heterocycles. The van der Waals surface area contributed by atoms with Crippen LogP contribution >= 0.6 is 11.6 Å². The molecule has 0 radical (unpaired) electrons. The lowest BCUT2D eigenvalue weighted by molar-refractivity contribution is -0.384. The molecule has 5 nitrogen and oxygen atoms in total. The number of rotatable bonds is 7. The predicted molar refractivity (Wildman–Crippen MR) is 82.7 cm³/mol. The minimum Gasteiger partial charge on any atom is -0.312 e. The summed E-state index contributed by atoms with van der Waals surface area (Å²) in [5.74, 6) is 0.547. The summed E-state index contributed by atoms with van der Waals surface area (Å²) >= 11 is 5.83. The second kappa shape index (κ2) is 6.89. The van der Waals surface area contributed by atoms with Crippen molar-refractivity contribution in [2.75, 3.05) is 11.4 Å². The minimum absolute atomic E-state index is 0.0281. The topological polar surface area (TPSA) is 63.5 Å². The van der Waals surface area contributed by atoms with Crippen molar-refractivity contribution >= 4 is 28.9 Å². The van der Waals surface area contributed by atoms with Crippen molar-refractivity contribution in [3.05, 3.63) is 33.3 Å². The molecular weight excluding hydrogens is 292 g/mol. The SMILES string of the molecule is CCCCC(=O)N(CC1CC1)c1ccc(Cl)c([N+](=O)[O-])c1. The summed E-state index contributed by atoms with van der Waals surface area (Å²) in [4.78, 5) is 24.5. The van der Waals surface area contributed by atoms with Crippen LogP contribution in [-0.2, 0) is 4.79 Å². The van der Waals surface area contributed by atoms with E-state index in [9.17, 15) is 14.9 Å². The van der Waals surface area contributed by atoms with Crippen LogP contribution in [0.4, 0.5) is 11.4 Å². The van der Waals surface area contributed by atoms with E-state index < -0.39 is 4.92 Å². The number of nitro benzene ring substituents is 1. The number of nitro groups is 1. The van der Waals surface area contributed by atoms with Crippen LogP contribution in [0.25, 0.3) is 0 Å². The van der Waals surface area contributed by atoms with Gasteiger partial charge in [-0.2, -0.15) is 0 Å². The number of carbonyl (C=O) groups is 1. The molecule has 1 aliphatic rings. The molecule has 0 unspecified atom stereocenters. The number of hydrogen-bond donors (Lipinski definition) is 0. The standard InChI is InChI=1S/C15H19ClN2O3/c1-2-3-4-15(19)17(10-11-5-6-11)12-7-8-13(16)14(9-12)18(20)21/h7-9,11H,2-6,10H2,1H3. The third-order valence-corrected chi connectivity index (χ3v) is 3.94. The molecule has 1 fully saturated rings. The fourth-order valence-electron chi connectivity index (χ4n) is 2.18. The highest BCUT2D eigenvalue weighted by Crippen LogP contribution is 2.34. The second-order valence-corrected chi connectivity index (χ2v) is 5.85. The quantitative estimate of drug-likeness (QED) is 0.560. The Kier molecular flexibility index (Phi) is 5.17. The van der Waals surface area contributed by atoms with Gasteiger partial charge in [-0.15, -0.1) is 0 Å². The summed E-state index contributed by atoms with van der Waals surface area (Å²) in [5, 5.41) is 11.1. The first-order chi connectivity index (χ1) is 10.0. The molecule has 1 saturated carbocycles. The molecule has 0 bridgehead atoms. The highest BCUT2D eigenvalue weighted by molar-refractivity contribution is 6.32. The van der Waals surface area contributed by atoms with Gasteiger partial charge in [0, 0.05) is 19.0 Å². The zero-order valence-corrected chi connectivity index (χ0v) is 12.8. The van der Waals surface area contributed by atoms with Gasteiger partial charge in [0.2, 0.25) is 5.91 Å². The van der Waals surface area contributed by atoms with E-state index in [2.05, 4.69) is 0 Å². The smallest absolute Gasteiger partial charge is 0.289 e. The van der Waals surface area contributed by atoms with E-state index in [1.54, 1.807) is 11.0 Å². The van der Waals surface area contributed by atoms with E-state index in [1.807, 2.05) is 6.92 Å². The van der Waals surface area contributed by atoms with E-state index in [0.29, 0.717) is 24.6 Å². The zero-order chi connectivity index (χ0) is 15.4. The number of hydrogen-bond acceptors (Lipinski definition) is 3. The average molecular weight is 311 g/mol. The number of unbranched alkanes of at least 4 members (excludes halogenated alkanes) is 1. The number of carbonyl (C=O) groups excluding carboxylic acids is 1. The molecule has 21 heavy (non-hydrogen) atoms. The Morgan fingerprint density at radius 3 is 2.76 bits per heavy atom. The lowest BCUT2D eigenvalue weighted by Crippen LogP contribution is -2.32. The number of amides is 1. The normalized spacial score (nSPS) is 14.0. The molecule has 0 heterocycles. The highest BCUT2D eigenvalue weighted by Gasteiger charge is 2.28. The van der Waals surface area contributed by atoms with Crippen LogP contribution in [0.5, 0.6) is 0 Å². The van der Waals surface area contributed by atoms with E-state index in [4.69, 9.17) is 11.6 Å². The molecule has 0 spiro atoms. The lowest BCUT2D eigenvalue weighted by Gasteiger charge is -2.23. The van der Waals surface area contributed by atoms with Crippen molar-refractivity contribution in [3.8, 4) is 0 Å². The van der Waals surface area contributed by atoms with Crippen LogP contribution in [0.3, 0.4) is 0 Å². The largest absolute Gasteiger partial charge is 0.312 e. The Bertz CT molecular complexity index is 544. The molecule has 1 aromatic carbocycles. The Hall–Kier alpha value is -1.62. The Labute approximate surface area is 129 Å². The average Bonchev–Trinajstić information content (AvgIpc) is 3.26. The van der Waals surface area contributed by atoms with Gasteiger partial charge in [0.25, 0.3) is 5.69 Å². The molecule has 0 aliphatic heterocycles. The maximum atomic E-state index is 12.4. The number of nitrogens with zero attached hydrogens (tertiary/aromatic N) is 2. The molecule has 6 heteroatoms. The Balaban J connectivity index is 2.24. The van der Waals surface area contributed by atoms with E-state index in [0.717, 1.165) is 25.7 Å². The van der Waals surface area contributed by atoms with Gasteiger partial charge in [0.1, 0.15) is 5.02 Å². The summed E-state index contributed by atoms with van der Waals surface area (Å²) < 4.78 is 0. The van der Waals surface area contributed by atoms with Crippen molar-refractivity contribution in [1.82, 2.24) is 0 Å². The molecule has 0 atom stereocenters. The maximum Gasteiger partial charge on any atom is 0.289 e. The van der Waals surface area contributed by atoms with Crippen LogP contribution in [0.15, 0.2) is 18.2 Å². The number of benzene rings is 1. The van der Waals surface area contributed by atoms with Gasteiger partial charge >= 0.3 is 0 Å². The fraction of sp³-hybridized carbons (Fsp3) is 0.533. The van der Waals surface area contributed by atoms with Gasteiger partial charge in [-0.05, 0) is 37.3 Å². The van der Waals surface area contributed by atoms with Crippen LogP contribution < -0.4 is 4.90 Å². The van der Waals surface area contributed by atoms with Crippen molar-refractivity contribution in [2.45, 2.75) is 39.0 Å². The monoisotopic (exact) mass is 310 g/mol. The summed E-state index contributed by atoms with van der Waals surface area (Å²) in [6.07, 6.45) is 4.49. The summed E-state index contributed by atoms with van der Waals surface area (Å²) in [7, 11) is 0. The van der Waals surface area contributed by atoms with Gasteiger partial charge in [-0.1, -0.05) is 24.9 Å². The highest BCUT2D eigenvalue weighted by atomic mass is 35.5. The molecule has 1 amide bonds. The minimum atomic E-state index is -0.516. The first-order valence-corrected chi connectivity index (χ1v) is 7.65. The Morgan fingerprint density at radius 2 is 2.19 bits per heavy atom. The molecule has 1 aromatic rings. The van der Waals surface area contributed by atoms with Crippen molar-refractivity contribution in [3.63, 3.8) is 0 Å². The predicted octanol–water partition coefficient (Wildman–Crippen LogP) is 4.18. The van der Waals surface area contributed by atoms with E-state index in [-0.39, 0.29) is 16.6 Å². The van der Waals surface area contributed by atoms with Gasteiger partial charge in [0.15, 0.2) is 0 Å². The number of anilines is 1. The molecule has 0 saturated heterocycles. The number of halogens is 1.